The maximum absolute atomic E-state index is 4.53. The molecule has 1 heterocycles. The van der Waals surface area contributed by atoms with E-state index < -0.39 is 0 Å². The van der Waals surface area contributed by atoms with E-state index in [1.54, 1.807) is 0 Å². The van der Waals surface area contributed by atoms with Crippen LogP contribution < -0.4 is 10.6 Å². The van der Waals surface area contributed by atoms with Crippen LogP contribution in [0.3, 0.4) is 0 Å². The van der Waals surface area contributed by atoms with E-state index >= 15 is 0 Å². The molecule has 0 atom stereocenters. The molecule has 0 aliphatic rings. The van der Waals surface area contributed by atoms with Crippen LogP contribution in [0.2, 0.25) is 0 Å². The molecule has 0 fully saturated rings. The second-order valence-electron chi connectivity index (χ2n) is 4.69. The van der Waals surface area contributed by atoms with Crippen molar-refractivity contribution < 1.29 is 0 Å². The number of benzene rings is 1. The number of halogens is 1. The Balaban J connectivity index is 2.26. The van der Waals surface area contributed by atoms with Crippen molar-refractivity contribution in [1.29, 1.82) is 0 Å². The molecule has 2 N–H and O–H groups in total. The quantitative estimate of drug-likeness (QED) is 0.849. The van der Waals surface area contributed by atoms with Gasteiger partial charge in [-0.2, -0.15) is 4.98 Å². The Morgan fingerprint density at radius 1 is 1.25 bits per heavy atom. The van der Waals surface area contributed by atoms with Crippen LogP contribution in [0.15, 0.2) is 28.9 Å². The Bertz CT molecular complexity index is 598. The zero-order valence-electron chi connectivity index (χ0n) is 12.0. The van der Waals surface area contributed by atoms with Crippen LogP contribution in [0.25, 0.3) is 0 Å². The second kappa shape index (κ2) is 6.70. The van der Waals surface area contributed by atoms with Crippen LogP contribution in [-0.4, -0.2) is 16.5 Å². The lowest BCUT2D eigenvalue weighted by Crippen LogP contribution is -2.07. The highest BCUT2D eigenvalue weighted by atomic mass is 79.9. The monoisotopic (exact) mass is 334 g/mol. The van der Waals surface area contributed by atoms with Gasteiger partial charge in [-0.3, -0.25) is 0 Å². The molecule has 0 spiro atoms. The van der Waals surface area contributed by atoms with Gasteiger partial charge in [0.05, 0.1) is 0 Å². The van der Waals surface area contributed by atoms with Crippen molar-refractivity contribution in [2.75, 3.05) is 17.2 Å². The highest BCUT2D eigenvalue weighted by Crippen LogP contribution is 2.27. The molecule has 5 heteroatoms. The normalized spacial score (nSPS) is 10.4. The van der Waals surface area contributed by atoms with Gasteiger partial charge in [0.2, 0.25) is 5.95 Å². The van der Waals surface area contributed by atoms with E-state index in [0.717, 1.165) is 40.1 Å². The first-order valence-electron chi connectivity index (χ1n) is 6.71. The van der Waals surface area contributed by atoms with Crippen LogP contribution in [-0.2, 0) is 0 Å². The van der Waals surface area contributed by atoms with Crippen LogP contribution in [0.1, 0.15) is 24.5 Å². The van der Waals surface area contributed by atoms with Crippen LogP contribution in [0.4, 0.5) is 17.5 Å². The van der Waals surface area contributed by atoms with Crippen molar-refractivity contribution in [2.45, 2.75) is 27.2 Å². The van der Waals surface area contributed by atoms with Crippen molar-refractivity contribution in [3.63, 3.8) is 0 Å². The molecule has 106 valence electrons. The molecule has 0 radical (unpaired) electrons. The summed E-state index contributed by atoms with van der Waals surface area (Å²) in [6.45, 7) is 7.06. The minimum Gasteiger partial charge on any atom is -0.354 e. The van der Waals surface area contributed by atoms with E-state index in [9.17, 15) is 0 Å². The van der Waals surface area contributed by atoms with Gasteiger partial charge in [0.15, 0.2) is 0 Å². The number of aromatic nitrogens is 2. The molecule has 2 aromatic rings. The number of nitrogens with zero attached hydrogens (tertiary/aromatic N) is 2. The molecule has 0 bridgehead atoms. The maximum atomic E-state index is 4.53. The van der Waals surface area contributed by atoms with Gasteiger partial charge in [-0.1, -0.05) is 28.9 Å². The average Bonchev–Trinajstić information content (AvgIpc) is 2.44. The molecule has 0 unspecified atom stereocenters. The lowest BCUT2D eigenvalue weighted by atomic mass is 10.2. The van der Waals surface area contributed by atoms with Gasteiger partial charge in [0, 0.05) is 28.5 Å². The maximum Gasteiger partial charge on any atom is 0.224 e. The van der Waals surface area contributed by atoms with Crippen LogP contribution in [0, 0.1) is 13.8 Å². The van der Waals surface area contributed by atoms with Gasteiger partial charge in [0.25, 0.3) is 0 Å². The number of aryl methyl sites for hydroxylation is 1. The lowest BCUT2D eigenvalue weighted by Gasteiger charge is -2.13. The Hall–Kier alpha value is -1.62. The van der Waals surface area contributed by atoms with Crippen molar-refractivity contribution in [3.05, 3.63) is 40.0 Å². The zero-order valence-corrected chi connectivity index (χ0v) is 13.6. The van der Waals surface area contributed by atoms with Gasteiger partial charge in [-0.25, -0.2) is 4.98 Å². The number of rotatable bonds is 5. The molecule has 4 nitrogen and oxygen atoms in total. The minimum atomic E-state index is 0.660. The molecule has 0 amide bonds. The van der Waals surface area contributed by atoms with E-state index in [2.05, 4.69) is 50.4 Å². The summed E-state index contributed by atoms with van der Waals surface area (Å²) in [5, 5.41) is 6.58. The summed E-state index contributed by atoms with van der Waals surface area (Å²) in [6, 6.07) is 6.08. The van der Waals surface area contributed by atoms with Gasteiger partial charge in [-0.15, -0.1) is 0 Å². The van der Waals surface area contributed by atoms with Gasteiger partial charge >= 0.3 is 0 Å². The fourth-order valence-corrected chi connectivity index (χ4v) is 2.13. The Labute approximate surface area is 128 Å². The predicted molar refractivity (Wildman–Crippen MR) is 87.7 cm³/mol. The van der Waals surface area contributed by atoms with Crippen LogP contribution >= 0.6 is 15.9 Å². The third kappa shape index (κ3) is 3.48. The van der Waals surface area contributed by atoms with E-state index in [1.807, 2.05) is 31.3 Å². The first-order valence-corrected chi connectivity index (χ1v) is 7.50. The van der Waals surface area contributed by atoms with E-state index in [0.29, 0.717) is 5.95 Å². The molecule has 20 heavy (non-hydrogen) atoms. The van der Waals surface area contributed by atoms with Crippen molar-refractivity contribution in [1.82, 2.24) is 9.97 Å². The first-order chi connectivity index (χ1) is 9.61. The molecule has 1 aromatic heterocycles. The standard InChI is InChI=1S/C15H19BrN4/c1-4-8-17-15-18-9-10(2)14(20-15)19-13-7-5-6-12(16)11(13)3/h5-7,9H,4,8H2,1-3H3,(H2,17,18,19,20). The van der Waals surface area contributed by atoms with E-state index in [4.69, 9.17) is 0 Å². The summed E-state index contributed by atoms with van der Waals surface area (Å²) in [5.41, 5.74) is 3.22. The van der Waals surface area contributed by atoms with Gasteiger partial charge < -0.3 is 10.6 Å². The van der Waals surface area contributed by atoms with Gasteiger partial charge in [0.1, 0.15) is 5.82 Å². The number of nitrogens with one attached hydrogen (secondary N) is 2. The second-order valence-corrected chi connectivity index (χ2v) is 5.54. The average molecular weight is 335 g/mol. The lowest BCUT2D eigenvalue weighted by molar-refractivity contribution is 0.950. The number of hydrogen-bond donors (Lipinski definition) is 2. The number of anilines is 3. The smallest absolute Gasteiger partial charge is 0.224 e. The summed E-state index contributed by atoms with van der Waals surface area (Å²) in [6.07, 6.45) is 2.88. The zero-order chi connectivity index (χ0) is 14.5. The molecular weight excluding hydrogens is 316 g/mol. The van der Waals surface area contributed by atoms with Crippen molar-refractivity contribution >= 4 is 33.4 Å². The summed E-state index contributed by atoms with van der Waals surface area (Å²) >= 11 is 3.54. The topological polar surface area (TPSA) is 49.8 Å². The summed E-state index contributed by atoms with van der Waals surface area (Å²) in [4.78, 5) is 8.81. The third-order valence-corrected chi connectivity index (χ3v) is 3.88. The SMILES string of the molecule is CCCNc1ncc(C)c(Nc2cccc(Br)c2C)n1. The molecule has 0 aliphatic heterocycles. The molecule has 2 rings (SSSR count). The number of hydrogen-bond acceptors (Lipinski definition) is 4. The first kappa shape index (κ1) is 14.8. The molecular formula is C15H19BrN4. The molecule has 0 aliphatic carbocycles. The Morgan fingerprint density at radius 2 is 2.05 bits per heavy atom. The highest BCUT2D eigenvalue weighted by molar-refractivity contribution is 9.10. The fourth-order valence-electron chi connectivity index (χ4n) is 1.76. The van der Waals surface area contributed by atoms with E-state index in [-0.39, 0.29) is 0 Å². The van der Waals surface area contributed by atoms with Crippen molar-refractivity contribution in [2.24, 2.45) is 0 Å². The predicted octanol–water partition coefficient (Wildman–Crippen LogP) is 4.42. The highest BCUT2D eigenvalue weighted by Gasteiger charge is 2.07. The molecule has 1 aromatic carbocycles. The van der Waals surface area contributed by atoms with Gasteiger partial charge in [-0.05, 0) is 38.0 Å². The Kier molecular flexibility index (Phi) is 4.95. The molecule has 0 saturated carbocycles. The minimum absolute atomic E-state index is 0.660. The van der Waals surface area contributed by atoms with Crippen molar-refractivity contribution in [3.8, 4) is 0 Å². The summed E-state index contributed by atoms with van der Waals surface area (Å²) in [5.74, 6) is 1.49. The summed E-state index contributed by atoms with van der Waals surface area (Å²) in [7, 11) is 0. The molecule has 0 saturated heterocycles. The largest absolute Gasteiger partial charge is 0.354 e. The van der Waals surface area contributed by atoms with E-state index in [1.165, 1.54) is 0 Å². The Morgan fingerprint density at radius 3 is 2.80 bits per heavy atom. The fraction of sp³-hybridized carbons (Fsp3) is 0.333. The summed E-state index contributed by atoms with van der Waals surface area (Å²) < 4.78 is 1.08. The van der Waals surface area contributed by atoms with Crippen LogP contribution in [0.5, 0.6) is 0 Å². The third-order valence-electron chi connectivity index (χ3n) is 3.03.